The number of rotatable bonds is 5. The third-order valence-corrected chi connectivity index (χ3v) is 3.49. The van der Waals surface area contributed by atoms with Crippen molar-refractivity contribution in [2.75, 3.05) is 5.43 Å². The minimum atomic E-state index is -0.162. The molecule has 2 aromatic heterocycles. The summed E-state index contributed by atoms with van der Waals surface area (Å²) in [4.78, 5) is 19.5. The monoisotopic (exact) mass is 276 g/mol. The van der Waals surface area contributed by atoms with Crippen LogP contribution in [0.1, 0.15) is 30.8 Å². The van der Waals surface area contributed by atoms with Crippen molar-refractivity contribution in [1.82, 2.24) is 9.97 Å². The molecule has 2 heterocycles. The van der Waals surface area contributed by atoms with E-state index in [0.717, 1.165) is 29.1 Å². The van der Waals surface area contributed by atoms with Crippen molar-refractivity contribution in [2.45, 2.75) is 26.7 Å². The lowest BCUT2D eigenvalue weighted by Gasteiger charge is -2.03. The number of aromatic nitrogens is 2. The van der Waals surface area contributed by atoms with Crippen LogP contribution < -0.4 is 11.0 Å². The Hall–Kier alpha value is -1.95. The molecule has 0 aliphatic rings. The van der Waals surface area contributed by atoms with Crippen LogP contribution in [0.2, 0.25) is 0 Å². The fraction of sp³-hybridized carbons (Fsp3) is 0.308. The minimum Gasteiger partial charge on any atom is -0.291 e. The Morgan fingerprint density at radius 2 is 2.42 bits per heavy atom. The molecule has 0 bridgehead atoms. The first-order valence-electron chi connectivity index (χ1n) is 6.13. The fourth-order valence-electron chi connectivity index (χ4n) is 1.62. The number of H-pyrrole nitrogens is 1. The van der Waals surface area contributed by atoms with Gasteiger partial charge in [0.15, 0.2) is 0 Å². The summed E-state index contributed by atoms with van der Waals surface area (Å²) in [5.41, 5.74) is 4.27. The summed E-state index contributed by atoms with van der Waals surface area (Å²) in [5, 5.41) is 6.22. The molecule has 0 spiro atoms. The van der Waals surface area contributed by atoms with E-state index in [1.807, 2.05) is 24.4 Å². The number of hydrazone groups is 1. The van der Waals surface area contributed by atoms with Gasteiger partial charge < -0.3 is 0 Å². The van der Waals surface area contributed by atoms with Crippen molar-refractivity contribution in [3.8, 4) is 0 Å². The Morgan fingerprint density at radius 1 is 1.58 bits per heavy atom. The number of thiophene rings is 1. The standard InChI is InChI=1S/C13H16N4OS/c1-3-5-10-8-12(18)15-13(14-10)17-16-9(2)11-6-4-7-19-11/h4,6-8H,3,5H2,1-2H3,(H2,14,15,17,18)/b16-9-. The van der Waals surface area contributed by atoms with Crippen molar-refractivity contribution >= 4 is 23.0 Å². The van der Waals surface area contributed by atoms with Gasteiger partial charge in [-0.1, -0.05) is 19.4 Å². The van der Waals surface area contributed by atoms with Gasteiger partial charge in [0.25, 0.3) is 5.56 Å². The maximum atomic E-state index is 11.5. The number of hydrogen-bond acceptors (Lipinski definition) is 5. The molecule has 0 saturated carbocycles. The van der Waals surface area contributed by atoms with Gasteiger partial charge in [-0.25, -0.2) is 10.4 Å². The van der Waals surface area contributed by atoms with E-state index in [1.54, 1.807) is 11.3 Å². The van der Waals surface area contributed by atoms with Crippen molar-refractivity contribution < 1.29 is 0 Å². The van der Waals surface area contributed by atoms with Gasteiger partial charge in [-0.15, -0.1) is 11.3 Å². The normalized spacial score (nSPS) is 11.6. The van der Waals surface area contributed by atoms with Crippen LogP contribution in [-0.4, -0.2) is 15.7 Å². The summed E-state index contributed by atoms with van der Waals surface area (Å²) >= 11 is 1.62. The molecule has 0 amide bonds. The predicted molar refractivity (Wildman–Crippen MR) is 79.0 cm³/mol. The fourth-order valence-corrected chi connectivity index (χ4v) is 2.30. The summed E-state index contributed by atoms with van der Waals surface area (Å²) in [5.74, 6) is 0.381. The van der Waals surface area contributed by atoms with Gasteiger partial charge in [-0.2, -0.15) is 5.10 Å². The van der Waals surface area contributed by atoms with Crippen molar-refractivity contribution in [1.29, 1.82) is 0 Å². The van der Waals surface area contributed by atoms with Crippen molar-refractivity contribution in [3.05, 3.63) is 44.5 Å². The molecule has 0 aliphatic heterocycles. The molecule has 0 atom stereocenters. The van der Waals surface area contributed by atoms with Crippen LogP contribution in [0.3, 0.4) is 0 Å². The average Bonchev–Trinajstić information content (AvgIpc) is 2.89. The zero-order valence-corrected chi connectivity index (χ0v) is 11.8. The quantitative estimate of drug-likeness (QED) is 0.651. The molecule has 0 fully saturated rings. The molecule has 0 aliphatic carbocycles. The highest BCUT2D eigenvalue weighted by atomic mass is 32.1. The second-order valence-corrected chi connectivity index (χ2v) is 5.07. The molecule has 19 heavy (non-hydrogen) atoms. The van der Waals surface area contributed by atoms with E-state index in [0.29, 0.717) is 5.95 Å². The Balaban J connectivity index is 2.15. The molecule has 100 valence electrons. The smallest absolute Gasteiger partial charge is 0.252 e. The van der Waals surface area contributed by atoms with Crippen LogP contribution >= 0.6 is 11.3 Å². The number of aryl methyl sites for hydroxylation is 1. The lowest BCUT2D eigenvalue weighted by atomic mass is 10.2. The average molecular weight is 276 g/mol. The third kappa shape index (κ3) is 3.75. The summed E-state index contributed by atoms with van der Waals surface area (Å²) < 4.78 is 0. The van der Waals surface area contributed by atoms with E-state index in [2.05, 4.69) is 27.4 Å². The summed E-state index contributed by atoms with van der Waals surface area (Å²) in [6, 6.07) is 5.49. The highest BCUT2D eigenvalue weighted by Crippen LogP contribution is 2.10. The topological polar surface area (TPSA) is 70.1 Å². The summed E-state index contributed by atoms with van der Waals surface area (Å²) in [6.45, 7) is 3.96. The molecule has 2 N–H and O–H groups in total. The zero-order chi connectivity index (χ0) is 13.7. The lowest BCUT2D eigenvalue weighted by Crippen LogP contribution is -2.12. The Kier molecular flexibility index (Phi) is 4.46. The van der Waals surface area contributed by atoms with Gasteiger partial charge in [0.2, 0.25) is 5.95 Å². The largest absolute Gasteiger partial charge is 0.291 e. The Labute approximate surface area is 115 Å². The molecule has 0 unspecified atom stereocenters. The molecular formula is C13H16N4OS. The van der Waals surface area contributed by atoms with Crippen molar-refractivity contribution in [3.63, 3.8) is 0 Å². The van der Waals surface area contributed by atoms with E-state index in [1.165, 1.54) is 6.07 Å². The minimum absolute atomic E-state index is 0.162. The molecule has 0 saturated heterocycles. The summed E-state index contributed by atoms with van der Waals surface area (Å²) in [6.07, 6.45) is 1.74. The molecule has 2 aromatic rings. The van der Waals surface area contributed by atoms with E-state index in [-0.39, 0.29) is 5.56 Å². The first-order valence-corrected chi connectivity index (χ1v) is 7.01. The molecule has 2 rings (SSSR count). The first kappa shape index (κ1) is 13.5. The van der Waals surface area contributed by atoms with Crippen LogP contribution in [0.15, 0.2) is 33.5 Å². The van der Waals surface area contributed by atoms with Crippen molar-refractivity contribution in [2.24, 2.45) is 5.10 Å². The van der Waals surface area contributed by atoms with Crippen LogP contribution in [-0.2, 0) is 6.42 Å². The predicted octanol–water partition coefficient (Wildman–Crippen LogP) is 2.62. The number of nitrogens with one attached hydrogen (secondary N) is 2. The molecule has 0 radical (unpaired) electrons. The van der Waals surface area contributed by atoms with Crippen LogP contribution in [0.4, 0.5) is 5.95 Å². The van der Waals surface area contributed by atoms with E-state index >= 15 is 0 Å². The van der Waals surface area contributed by atoms with Crippen LogP contribution in [0.5, 0.6) is 0 Å². The number of anilines is 1. The maximum absolute atomic E-state index is 11.5. The van der Waals surface area contributed by atoms with Gasteiger partial charge in [-0.05, 0) is 24.8 Å². The number of nitrogens with zero attached hydrogens (tertiary/aromatic N) is 2. The highest BCUT2D eigenvalue weighted by Gasteiger charge is 2.01. The second kappa shape index (κ2) is 6.29. The maximum Gasteiger partial charge on any atom is 0.252 e. The van der Waals surface area contributed by atoms with Gasteiger partial charge in [0, 0.05) is 16.6 Å². The third-order valence-electron chi connectivity index (χ3n) is 2.51. The van der Waals surface area contributed by atoms with Gasteiger partial charge in [-0.3, -0.25) is 9.78 Å². The van der Waals surface area contributed by atoms with Gasteiger partial charge >= 0.3 is 0 Å². The van der Waals surface area contributed by atoms with Gasteiger partial charge in [0.1, 0.15) is 0 Å². The van der Waals surface area contributed by atoms with E-state index in [4.69, 9.17) is 0 Å². The summed E-state index contributed by atoms with van der Waals surface area (Å²) in [7, 11) is 0. The molecular weight excluding hydrogens is 260 g/mol. The van der Waals surface area contributed by atoms with Crippen LogP contribution in [0, 0.1) is 0 Å². The second-order valence-electron chi connectivity index (χ2n) is 4.12. The highest BCUT2D eigenvalue weighted by molar-refractivity contribution is 7.12. The Bertz CT molecular complexity index is 616. The first-order chi connectivity index (χ1) is 9.19. The van der Waals surface area contributed by atoms with Crippen LogP contribution in [0.25, 0.3) is 0 Å². The lowest BCUT2D eigenvalue weighted by molar-refractivity contribution is 0.867. The number of hydrogen-bond donors (Lipinski definition) is 2. The SMILES string of the molecule is CCCc1cc(=O)[nH]c(N/N=C(/C)c2cccs2)n1. The molecule has 0 aromatic carbocycles. The van der Waals surface area contributed by atoms with E-state index < -0.39 is 0 Å². The molecule has 5 nitrogen and oxygen atoms in total. The van der Waals surface area contributed by atoms with Gasteiger partial charge in [0.05, 0.1) is 5.71 Å². The zero-order valence-electron chi connectivity index (χ0n) is 10.9. The van der Waals surface area contributed by atoms with E-state index in [9.17, 15) is 4.79 Å². The number of aromatic amines is 1. The molecule has 6 heteroatoms. The Morgan fingerprint density at radius 3 is 3.11 bits per heavy atom.